The third-order valence-corrected chi connectivity index (χ3v) is 4.45. The molecule has 0 saturated heterocycles. The van der Waals surface area contributed by atoms with Gasteiger partial charge in [0.2, 0.25) is 11.8 Å². The number of aromatic nitrogens is 1. The maximum Gasteiger partial charge on any atom is 1.00 e. The first-order valence-electron chi connectivity index (χ1n) is 8.33. The molecule has 0 aliphatic rings. The quantitative estimate of drug-likeness (QED) is 0.384. The molecule has 1 heterocycles. The fourth-order valence-electron chi connectivity index (χ4n) is 2.78. The number of carbonyl (C=O) groups excluding carboxylic acids is 3. The van der Waals surface area contributed by atoms with E-state index in [2.05, 4.69) is 15.6 Å². The Labute approximate surface area is 203 Å². The van der Waals surface area contributed by atoms with E-state index in [0.717, 1.165) is 0 Å². The molecule has 0 unspecified atom stereocenters. The van der Waals surface area contributed by atoms with Crippen molar-refractivity contribution in [3.63, 3.8) is 0 Å². The van der Waals surface area contributed by atoms with Crippen molar-refractivity contribution >= 4 is 69.3 Å². The Morgan fingerprint density at radius 1 is 1.03 bits per heavy atom. The first-order valence-corrected chi connectivity index (χ1v) is 9.09. The molecule has 0 fully saturated rings. The number of anilines is 2. The van der Waals surface area contributed by atoms with Gasteiger partial charge in [-0.25, -0.2) is 0 Å². The molecule has 7 nitrogen and oxygen atoms in total. The maximum absolute atomic E-state index is 12.2. The molecule has 0 aliphatic heterocycles. The minimum absolute atomic E-state index is 0. The number of carboxylic acids is 1. The summed E-state index contributed by atoms with van der Waals surface area (Å²) in [6, 6.07) is 9.52. The second kappa shape index (κ2) is 10.1. The third-order valence-electron chi connectivity index (χ3n) is 3.93. The van der Waals surface area contributed by atoms with Crippen LogP contribution in [-0.2, 0) is 9.59 Å². The number of hydrogen-bond acceptors (Lipinski definition) is 4. The van der Waals surface area contributed by atoms with E-state index in [1.165, 1.54) is 31.2 Å². The van der Waals surface area contributed by atoms with Crippen LogP contribution in [0.4, 0.5) is 11.4 Å². The summed E-state index contributed by atoms with van der Waals surface area (Å²) in [5, 5.41) is 17.7. The number of amides is 2. The number of rotatable bonds is 5. The van der Waals surface area contributed by atoms with Crippen molar-refractivity contribution in [3.8, 4) is 0 Å². The molecule has 0 aliphatic carbocycles. The van der Waals surface area contributed by atoms with Crippen LogP contribution in [-0.4, -0.2) is 22.8 Å². The van der Waals surface area contributed by atoms with Gasteiger partial charge >= 0.3 is 29.6 Å². The summed E-state index contributed by atoms with van der Waals surface area (Å²) in [4.78, 5) is 37.4. The first kappa shape index (κ1) is 24.0. The van der Waals surface area contributed by atoms with Crippen molar-refractivity contribution in [3.05, 3.63) is 63.8 Å². The summed E-state index contributed by atoms with van der Waals surface area (Å²) in [6.07, 6.45) is 2.52. The fraction of sp³-hybridized carbons (Fsp3) is 0.0500. The molecule has 1 aromatic heterocycles. The molecular weight excluding hydrogens is 440 g/mol. The molecule has 2 amide bonds. The number of halogens is 2. The summed E-state index contributed by atoms with van der Waals surface area (Å²) in [5.41, 5.74) is 1.50. The first-order chi connectivity index (χ1) is 13.7. The van der Waals surface area contributed by atoms with Crippen molar-refractivity contribution in [1.29, 1.82) is 0 Å². The van der Waals surface area contributed by atoms with Crippen LogP contribution in [0.3, 0.4) is 0 Å². The number of fused-ring (bicyclic) bond motifs is 1. The van der Waals surface area contributed by atoms with E-state index in [9.17, 15) is 19.5 Å². The second-order valence-electron chi connectivity index (χ2n) is 6.09. The number of H-pyrrole nitrogens is 1. The zero-order valence-electron chi connectivity index (χ0n) is 16.0. The maximum atomic E-state index is 12.2. The molecule has 0 spiro atoms. The van der Waals surface area contributed by atoms with Crippen LogP contribution in [0.25, 0.3) is 17.0 Å². The fourth-order valence-corrected chi connectivity index (χ4v) is 3.38. The van der Waals surface area contributed by atoms with Gasteiger partial charge in [0.1, 0.15) is 0 Å². The zero-order valence-corrected chi connectivity index (χ0v) is 19.5. The zero-order chi connectivity index (χ0) is 21.1. The van der Waals surface area contributed by atoms with Crippen molar-refractivity contribution in [2.45, 2.75) is 6.92 Å². The molecule has 0 atom stereocenters. The van der Waals surface area contributed by atoms with Gasteiger partial charge in [-0.1, -0.05) is 23.2 Å². The summed E-state index contributed by atoms with van der Waals surface area (Å²) in [5.74, 6) is -2.13. The van der Waals surface area contributed by atoms with E-state index in [4.69, 9.17) is 23.2 Å². The van der Waals surface area contributed by atoms with Crippen LogP contribution >= 0.6 is 23.2 Å². The third kappa shape index (κ3) is 5.65. The minimum Gasteiger partial charge on any atom is -0.543 e. The van der Waals surface area contributed by atoms with E-state index < -0.39 is 11.9 Å². The number of carboxylic acid groups (broad SMARTS) is 1. The van der Waals surface area contributed by atoms with Crippen molar-refractivity contribution in [1.82, 2.24) is 4.98 Å². The monoisotopic (exact) mass is 453 g/mol. The summed E-state index contributed by atoms with van der Waals surface area (Å²) < 4.78 is 0. The van der Waals surface area contributed by atoms with E-state index in [1.807, 2.05) is 0 Å². The Morgan fingerprint density at radius 2 is 1.63 bits per heavy atom. The van der Waals surface area contributed by atoms with E-state index in [-0.39, 0.29) is 51.7 Å². The number of hydrogen-bond donors (Lipinski definition) is 3. The van der Waals surface area contributed by atoms with Crippen LogP contribution < -0.4 is 45.3 Å². The number of carbonyl (C=O) groups is 3. The normalized spacial score (nSPS) is 10.6. The van der Waals surface area contributed by atoms with Gasteiger partial charge in [-0.15, -0.1) is 0 Å². The summed E-state index contributed by atoms with van der Waals surface area (Å²) in [6.45, 7) is 1.40. The average Bonchev–Trinajstić information content (AvgIpc) is 3.00. The van der Waals surface area contributed by atoms with E-state index in [1.54, 1.807) is 24.3 Å². The Bertz CT molecular complexity index is 1160. The van der Waals surface area contributed by atoms with E-state index >= 15 is 0 Å². The average molecular weight is 454 g/mol. The molecule has 0 radical (unpaired) electrons. The van der Waals surface area contributed by atoms with Gasteiger partial charge in [0.15, 0.2) is 0 Å². The van der Waals surface area contributed by atoms with Crippen LogP contribution in [0, 0.1) is 0 Å². The van der Waals surface area contributed by atoms with Crippen molar-refractivity contribution < 1.29 is 49.0 Å². The molecule has 3 N–H and O–H groups in total. The molecule has 0 bridgehead atoms. The SMILES string of the molecule is CC(=O)Nc1ccc(NC(=O)/C=C/c2c(C(=O)[O-])[nH]c3cc(Cl)cc(Cl)c23)cc1.[Na+]. The number of aromatic carboxylic acids is 1. The molecule has 30 heavy (non-hydrogen) atoms. The Morgan fingerprint density at radius 3 is 2.20 bits per heavy atom. The predicted molar refractivity (Wildman–Crippen MR) is 111 cm³/mol. The van der Waals surface area contributed by atoms with Crippen LogP contribution in [0.5, 0.6) is 0 Å². The minimum atomic E-state index is -1.44. The van der Waals surface area contributed by atoms with Gasteiger partial charge in [-0.3, -0.25) is 9.59 Å². The molecule has 0 saturated carbocycles. The Hall–Kier alpha value is -2.29. The van der Waals surface area contributed by atoms with Crippen molar-refractivity contribution in [2.75, 3.05) is 10.6 Å². The summed E-state index contributed by atoms with van der Waals surface area (Å²) >= 11 is 12.1. The van der Waals surface area contributed by atoms with E-state index in [0.29, 0.717) is 27.3 Å². The van der Waals surface area contributed by atoms with Gasteiger partial charge < -0.3 is 25.5 Å². The molecular formula is C20H14Cl2N3NaO4. The molecule has 2 aromatic carbocycles. The van der Waals surface area contributed by atoms with Crippen LogP contribution in [0.2, 0.25) is 10.0 Å². The van der Waals surface area contributed by atoms with Gasteiger partial charge in [-0.05, 0) is 42.5 Å². The number of benzene rings is 2. The van der Waals surface area contributed by atoms with Gasteiger partial charge in [0, 0.05) is 45.9 Å². The molecule has 148 valence electrons. The van der Waals surface area contributed by atoms with Crippen LogP contribution in [0.15, 0.2) is 42.5 Å². The second-order valence-corrected chi connectivity index (χ2v) is 6.94. The smallest absolute Gasteiger partial charge is 0.543 e. The molecule has 10 heteroatoms. The standard InChI is InChI=1S/C20H15Cl2N3O4.Na/c1-10(26)23-12-2-4-13(5-3-12)24-17(27)7-6-14-18-15(22)8-11(21)9-16(18)25-19(14)20(28)29;/h2-9,25H,1H3,(H,23,26)(H,24,27)(H,28,29);/q;+1/p-1/b7-6+;. The largest absolute Gasteiger partial charge is 1.00 e. The van der Waals surface area contributed by atoms with Crippen molar-refractivity contribution in [2.24, 2.45) is 0 Å². The van der Waals surface area contributed by atoms with Gasteiger partial charge in [0.05, 0.1) is 16.7 Å². The molecule has 3 rings (SSSR count). The van der Waals surface area contributed by atoms with Crippen LogP contribution in [0.1, 0.15) is 23.0 Å². The Balaban J connectivity index is 0.00000320. The Kier molecular flexibility index (Phi) is 8.11. The number of aromatic amines is 1. The number of nitrogens with one attached hydrogen (secondary N) is 3. The van der Waals surface area contributed by atoms with Gasteiger partial charge in [-0.2, -0.15) is 0 Å². The topological polar surface area (TPSA) is 114 Å². The predicted octanol–water partition coefficient (Wildman–Crippen LogP) is 0.452. The van der Waals surface area contributed by atoms with Gasteiger partial charge in [0.25, 0.3) is 0 Å². The summed E-state index contributed by atoms with van der Waals surface area (Å²) in [7, 11) is 0. The molecule has 3 aromatic rings.